The Labute approximate surface area is 138 Å². The first-order valence-corrected chi connectivity index (χ1v) is 8.22. The normalized spacial score (nSPS) is 31.3. The van der Waals surface area contributed by atoms with Crippen LogP contribution in [0.1, 0.15) is 43.7 Å². The van der Waals surface area contributed by atoms with Crippen molar-refractivity contribution in [3.63, 3.8) is 0 Å². The highest BCUT2D eigenvalue weighted by molar-refractivity contribution is 5.81. The minimum atomic E-state index is -1.19. The van der Waals surface area contributed by atoms with Crippen molar-refractivity contribution in [1.29, 1.82) is 0 Å². The van der Waals surface area contributed by atoms with E-state index in [1.54, 1.807) is 4.57 Å². The molecule has 2 aromatic rings. The highest BCUT2D eigenvalue weighted by Crippen LogP contribution is 2.35. The van der Waals surface area contributed by atoms with Crippen LogP contribution in [0.2, 0.25) is 0 Å². The first-order chi connectivity index (χ1) is 11.6. The third kappa shape index (κ3) is 2.35. The quantitative estimate of drug-likeness (QED) is 0.598. The maximum Gasteiger partial charge on any atom is 0.167 e. The molecule has 2 aliphatic rings. The molecule has 0 aromatic carbocycles. The summed E-state index contributed by atoms with van der Waals surface area (Å²) in [4.78, 5) is 13.2. The number of aromatic nitrogens is 4. The van der Waals surface area contributed by atoms with Gasteiger partial charge in [0.05, 0.1) is 12.9 Å². The van der Waals surface area contributed by atoms with Crippen molar-refractivity contribution in [1.82, 2.24) is 19.5 Å². The summed E-state index contributed by atoms with van der Waals surface area (Å²) < 4.78 is 7.12. The fourth-order valence-corrected chi connectivity index (χ4v) is 3.62. The van der Waals surface area contributed by atoms with E-state index in [1.807, 2.05) is 0 Å². The summed E-state index contributed by atoms with van der Waals surface area (Å²) in [6.45, 7) is -0.383. The minimum Gasteiger partial charge on any atom is -0.394 e. The molecule has 9 nitrogen and oxygen atoms in total. The first-order valence-electron chi connectivity index (χ1n) is 8.22. The van der Waals surface area contributed by atoms with Gasteiger partial charge in [-0.25, -0.2) is 15.0 Å². The number of fused-ring (bicyclic) bond motifs is 1. The highest BCUT2D eigenvalue weighted by Gasteiger charge is 2.44. The molecule has 0 unspecified atom stereocenters. The van der Waals surface area contributed by atoms with E-state index in [-0.39, 0.29) is 12.5 Å². The second-order valence-electron chi connectivity index (χ2n) is 6.50. The lowest BCUT2D eigenvalue weighted by molar-refractivity contribution is -0.0511. The average Bonchev–Trinajstić information content (AvgIpc) is 3.28. The van der Waals surface area contributed by atoms with Gasteiger partial charge >= 0.3 is 0 Å². The summed E-state index contributed by atoms with van der Waals surface area (Å²) in [6, 6.07) is 0. The van der Waals surface area contributed by atoms with Gasteiger partial charge in [0.25, 0.3) is 0 Å². The lowest BCUT2D eigenvalue weighted by Gasteiger charge is -2.17. The van der Waals surface area contributed by atoms with Gasteiger partial charge in [-0.05, 0) is 12.8 Å². The maximum absolute atomic E-state index is 10.2. The van der Waals surface area contributed by atoms with Crippen LogP contribution in [0.15, 0.2) is 6.33 Å². The molecule has 2 aromatic heterocycles. The number of imidazole rings is 1. The Morgan fingerprint density at radius 3 is 2.62 bits per heavy atom. The van der Waals surface area contributed by atoms with Crippen molar-refractivity contribution >= 4 is 17.0 Å². The van der Waals surface area contributed by atoms with Crippen molar-refractivity contribution in [3.05, 3.63) is 12.2 Å². The average molecular weight is 335 g/mol. The number of anilines is 1. The molecule has 1 aliphatic heterocycles. The zero-order chi connectivity index (χ0) is 16.8. The summed E-state index contributed by atoms with van der Waals surface area (Å²) >= 11 is 0. The number of nitrogen functional groups attached to an aromatic ring is 1. The molecule has 0 spiro atoms. The Morgan fingerprint density at radius 2 is 1.96 bits per heavy atom. The summed E-state index contributed by atoms with van der Waals surface area (Å²) in [5.74, 6) is 1.27. The lowest BCUT2D eigenvalue weighted by atomic mass is 10.1. The Balaban J connectivity index is 1.76. The number of aliphatic hydroxyl groups is 3. The van der Waals surface area contributed by atoms with Crippen LogP contribution in [0.4, 0.5) is 5.82 Å². The number of hydrogen-bond acceptors (Lipinski definition) is 8. The van der Waals surface area contributed by atoms with E-state index in [0.29, 0.717) is 22.8 Å². The SMILES string of the molecule is Nc1nc(C2CCCC2)nc2c1ncn2[C@@H]1O[C@H](CO)[C@@H](O)[C@H]1O. The molecule has 9 heteroatoms. The molecule has 1 saturated carbocycles. The van der Waals surface area contributed by atoms with Crippen LogP contribution in [-0.4, -0.2) is 59.8 Å². The number of rotatable bonds is 3. The number of hydrogen-bond donors (Lipinski definition) is 4. The third-order valence-corrected chi connectivity index (χ3v) is 4.98. The molecule has 1 saturated heterocycles. The summed E-state index contributed by atoms with van der Waals surface area (Å²) in [7, 11) is 0. The van der Waals surface area contributed by atoms with Crippen LogP contribution < -0.4 is 5.73 Å². The highest BCUT2D eigenvalue weighted by atomic mass is 16.6. The first kappa shape index (κ1) is 15.7. The van der Waals surface area contributed by atoms with Gasteiger partial charge in [-0.3, -0.25) is 4.57 Å². The molecule has 4 atom stereocenters. The van der Waals surface area contributed by atoms with Gasteiger partial charge in [-0.1, -0.05) is 12.8 Å². The number of aliphatic hydroxyl groups excluding tert-OH is 3. The van der Waals surface area contributed by atoms with Crippen molar-refractivity contribution in [3.8, 4) is 0 Å². The number of nitrogens with two attached hydrogens (primary N) is 1. The Kier molecular flexibility index (Phi) is 3.87. The molecule has 3 heterocycles. The van der Waals surface area contributed by atoms with Crippen LogP contribution in [-0.2, 0) is 4.74 Å². The topological polar surface area (TPSA) is 140 Å². The van der Waals surface area contributed by atoms with E-state index in [1.165, 1.54) is 6.33 Å². The fraction of sp³-hybridized carbons (Fsp3) is 0.667. The smallest absolute Gasteiger partial charge is 0.167 e. The maximum atomic E-state index is 10.2. The summed E-state index contributed by atoms with van der Waals surface area (Å²) in [5.41, 5.74) is 6.94. The van der Waals surface area contributed by atoms with Gasteiger partial charge in [0.2, 0.25) is 0 Å². The molecule has 2 fully saturated rings. The van der Waals surface area contributed by atoms with Crippen LogP contribution in [0, 0.1) is 0 Å². The van der Waals surface area contributed by atoms with Crippen molar-refractivity contribution in [2.75, 3.05) is 12.3 Å². The van der Waals surface area contributed by atoms with E-state index in [9.17, 15) is 15.3 Å². The van der Waals surface area contributed by atoms with Gasteiger partial charge in [0.1, 0.15) is 29.7 Å². The molecule has 5 N–H and O–H groups in total. The van der Waals surface area contributed by atoms with Crippen LogP contribution >= 0.6 is 0 Å². The molecule has 1 aliphatic carbocycles. The molecule has 130 valence electrons. The number of ether oxygens (including phenoxy) is 1. The predicted octanol–water partition coefficient (Wildman–Crippen LogP) is -0.322. The number of nitrogens with zero attached hydrogens (tertiary/aromatic N) is 4. The van der Waals surface area contributed by atoms with E-state index < -0.39 is 24.5 Å². The molecule has 4 rings (SSSR count). The van der Waals surface area contributed by atoms with Crippen molar-refractivity contribution < 1.29 is 20.1 Å². The van der Waals surface area contributed by atoms with E-state index >= 15 is 0 Å². The fourth-order valence-electron chi connectivity index (χ4n) is 3.62. The molecule has 0 amide bonds. The Morgan fingerprint density at radius 1 is 1.21 bits per heavy atom. The Bertz CT molecular complexity index is 745. The van der Waals surface area contributed by atoms with Crippen LogP contribution in [0.5, 0.6) is 0 Å². The summed E-state index contributed by atoms with van der Waals surface area (Å²) in [5, 5.41) is 29.4. The summed E-state index contributed by atoms with van der Waals surface area (Å²) in [6.07, 6.45) is 1.74. The molecule has 0 bridgehead atoms. The van der Waals surface area contributed by atoms with Gasteiger partial charge in [-0.2, -0.15) is 0 Å². The van der Waals surface area contributed by atoms with Gasteiger partial charge in [0.15, 0.2) is 17.7 Å². The van der Waals surface area contributed by atoms with Crippen LogP contribution in [0.25, 0.3) is 11.2 Å². The molecule has 0 radical (unpaired) electrons. The molecular weight excluding hydrogens is 314 g/mol. The van der Waals surface area contributed by atoms with Gasteiger partial charge in [-0.15, -0.1) is 0 Å². The Hall–Kier alpha value is -1.81. The zero-order valence-electron chi connectivity index (χ0n) is 13.1. The van der Waals surface area contributed by atoms with Crippen molar-refractivity contribution in [2.24, 2.45) is 0 Å². The monoisotopic (exact) mass is 335 g/mol. The van der Waals surface area contributed by atoms with Gasteiger partial charge < -0.3 is 25.8 Å². The van der Waals surface area contributed by atoms with Crippen molar-refractivity contribution in [2.45, 2.75) is 56.1 Å². The second kappa shape index (κ2) is 5.92. The lowest BCUT2D eigenvalue weighted by Crippen LogP contribution is -2.33. The third-order valence-electron chi connectivity index (χ3n) is 4.98. The van der Waals surface area contributed by atoms with E-state index in [0.717, 1.165) is 25.7 Å². The van der Waals surface area contributed by atoms with Gasteiger partial charge in [0, 0.05) is 5.92 Å². The van der Waals surface area contributed by atoms with E-state index in [2.05, 4.69) is 15.0 Å². The van der Waals surface area contributed by atoms with Crippen LogP contribution in [0.3, 0.4) is 0 Å². The zero-order valence-corrected chi connectivity index (χ0v) is 13.1. The molecular formula is C15H21N5O4. The standard InChI is InChI=1S/C15H21N5O4/c16-12-9-14(19-13(18-12)7-3-1-2-4-7)20(6-17-9)15-11(23)10(22)8(5-21)24-15/h6-8,10-11,15,21-23H,1-5H2,(H2,16,18,19)/t8-,10-,11-,15-/m1/s1. The minimum absolute atomic E-state index is 0.283. The second-order valence-corrected chi connectivity index (χ2v) is 6.50. The van der Waals surface area contributed by atoms with E-state index in [4.69, 9.17) is 10.5 Å². The molecule has 24 heavy (non-hydrogen) atoms. The predicted molar refractivity (Wildman–Crippen MR) is 84.0 cm³/mol. The largest absolute Gasteiger partial charge is 0.394 e.